The van der Waals surface area contributed by atoms with Crippen LogP contribution in [0, 0.1) is 6.92 Å². The molecule has 32 heavy (non-hydrogen) atoms. The van der Waals surface area contributed by atoms with Gasteiger partial charge in [0.05, 0.1) is 22.6 Å². The lowest BCUT2D eigenvalue weighted by molar-refractivity contribution is 0.0932. The lowest BCUT2D eigenvalue weighted by Gasteiger charge is -2.22. The van der Waals surface area contributed by atoms with Crippen LogP contribution in [-0.2, 0) is 10.0 Å². The van der Waals surface area contributed by atoms with E-state index in [1.54, 1.807) is 38.4 Å². The minimum Gasteiger partial charge on any atom is -0.496 e. The highest BCUT2D eigenvalue weighted by atomic mass is 32.2. The van der Waals surface area contributed by atoms with Crippen molar-refractivity contribution < 1.29 is 17.9 Å². The van der Waals surface area contributed by atoms with Crippen LogP contribution in [0.5, 0.6) is 5.75 Å². The lowest BCUT2D eigenvalue weighted by atomic mass is 9.95. The molecular formula is C24H28N2O4S2. The van der Waals surface area contributed by atoms with Crippen LogP contribution in [0.25, 0.3) is 10.1 Å². The van der Waals surface area contributed by atoms with Gasteiger partial charge in [-0.05, 0) is 73.2 Å². The zero-order chi connectivity index (χ0) is 22.9. The Kier molecular flexibility index (Phi) is 6.44. The predicted molar refractivity (Wildman–Crippen MR) is 129 cm³/mol. The summed E-state index contributed by atoms with van der Waals surface area (Å²) in [5, 5.41) is 4.00. The maximum Gasteiger partial charge on any atom is 0.264 e. The SMILES string of the molecule is COc1ccc(S(=O)(=O)N(C)c2ccc3sc(C(=O)NC4CCCCC4)cc3c2)cc1C. The second kappa shape index (κ2) is 9.11. The molecule has 0 radical (unpaired) electrons. The van der Waals surface area contributed by atoms with E-state index in [2.05, 4.69) is 5.32 Å². The van der Waals surface area contributed by atoms with Gasteiger partial charge in [-0.1, -0.05) is 19.3 Å². The van der Waals surface area contributed by atoms with Crippen LogP contribution in [0.1, 0.15) is 47.3 Å². The van der Waals surface area contributed by atoms with Gasteiger partial charge < -0.3 is 10.1 Å². The number of thiophene rings is 1. The average Bonchev–Trinajstić information content (AvgIpc) is 3.22. The fraction of sp³-hybridized carbons (Fsp3) is 0.375. The predicted octanol–water partition coefficient (Wildman–Crippen LogP) is 5.11. The summed E-state index contributed by atoms with van der Waals surface area (Å²) < 4.78 is 33.8. The summed E-state index contributed by atoms with van der Waals surface area (Å²) in [6.45, 7) is 1.81. The fourth-order valence-corrected chi connectivity index (χ4v) is 6.37. The Bertz CT molecular complexity index is 1240. The van der Waals surface area contributed by atoms with Crippen LogP contribution >= 0.6 is 11.3 Å². The van der Waals surface area contributed by atoms with E-state index in [9.17, 15) is 13.2 Å². The smallest absolute Gasteiger partial charge is 0.264 e. The van der Waals surface area contributed by atoms with Crippen LogP contribution in [0.2, 0.25) is 0 Å². The number of aryl methyl sites for hydroxylation is 1. The van der Waals surface area contributed by atoms with Gasteiger partial charge in [0.25, 0.3) is 15.9 Å². The summed E-state index contributed by atoms with van der Waals surface area (Å²) >= 11 is 1.43. The molecule has 0 bridgehead atoms. The van der Waals surface area contributed by atoms with Crippen LogP contribution < -0.4 is 14.4 Å². The second-order valence-electron chi connectivity index (χ2n) is 8.25. The van der Waals surface area contributed by atoms with E-state index in [0.717, 1.165) is 41.3 Å². The number of carbonyl (C=O) groups is 1. The highest BCUT2D eigenvalue weighted by Gasteiger charge is 2.23. The first-order valence-corrected chi connectivity index (χ1v) is 13.0. The molecule has 1 aromatic heterocycles. The first-order valence-electron chi connectivity index (χ1n) is 10.8. The molecule has 1 amide bonds. The van der Waals surface area contributed by atoms with Gasteiger partial charge >= 0.3 is 0 Å². The first kappa shape index (κ1) is 22.6. The van der Waals surface area contributed by atoms with Crippen molar-refractivity contribution in [3.05, 3.63) is 52.9 Å². The van der Waals surface area contributed by atoms with E-state index < -0.39 is 10.0 Å². The standard InChI is InChI=1S/C24H28N2O4S2/c1-16-13-20(10-11-21(16)30-3)32(28,29)26(2)19-9-12-22-17(14-19)15-23(31-22)24(27)25-18-7-5-4-6-8-18/h9-15,18H,4-8H2,1-3H3,(H,25,27). The van der Waals surface area contributed by atoms with Gasteiger partial charge in [-0.3, -0.25) is 9.10 Å². The summed E-state index contributed by atoms with van der Waals surface area (Å²) in [5.41, 5.74) is 1.30. The van der Waals surface area contributed by atoms with E-state index in [0.29, 0.717) is 16.3 Å². The molecular weight excluding hydrogens is 444 g/mol. The van der Waals surface area contributed by atoms with Crippen LogP contribution in [-0.4, -0.2) is 34.5 Å². The number of ether oxygens (including phenoxy) is 1. The van der Waals surface area contributed by atoms with Crippen LogP contribution in [0.3, 0.4) is 0 Å². The van der Waals surface area contributed by atoms with Crippen molar-refractivity contribution >= 4 is 43.0 Å². The molecule has 2 aromatic carbocycles. The maximum absolute atomic E-state index is 13.2. The molecule has 0 unspecified atom stereocenters. The Hall–Kier alpha value is -2.58. The molecule has 1 saturated carbocycles. The normalized spacial score (nSPS) is 15.0. The Balaban J connectivity index is 1.57. The zero-order valence-electron chi connectivity index (χ0n) is 18.6. The molecule has 1 fully saturated rings. The van der Waals surface area contributed by atoms with Gasteiger partial charge in [-0.25, -0.2) is 8.42 Å². The molecule has 170 valence electrons. The molecule has 1 N–H and O–H groups in total. The van der Waals surface area contributed by atoms with Crippen molar-refractivity contribution in [3.63, 3.8) is 0 Å². The van der Waals surface area contributed by atoms with E-state index in [4.69, 9.17) is 4.74 Å². The highest BCUT2D eigenvalue weighted by molar-refractivity contribution is 7.92. The molecule has 3 aromatic rings. The topological polar surface area (TPSA) is 75.7 Å². The quantitative estimate of drug-likeness (QED) is 0.541. The van der Waals surface area contributed by atoms with E-state index in [-0.39, 0.29) is 16.8 Å². The lowest BCUT2D eigenvalue weighted by Crippen LogP contribution is -2.35. The van der Waals surface area contributed by atoms with Gasteiger partial charge in [0, 0.05) is 17.8 Å². The molecule has 4 rings (SSSR count). The number of anilines is 1. The number of nitrogens with zero attached hydrogens (tertiary/aromatic N) is 1. The van der Waals surface area contributed by atoms with Crippen molar-refractivity contribution in [3.8, 4) is 5.75 Å². The fourth-order valence-electron chi connectivity index (χ4n) is 4.15. The number of hydrogen-bond acceptors (Lipinski definition) is 5. The monoisotopic (exact) mass is 472 g/mol. The Morgan fingerprint density at radius 2 is 1.84 bits per heavy atom. The van der Waals surface area contributed by atoms with Crippen molar-refractivity contribution in [2.45, 2.75) is 50.0 Å². The zero-order valence-corrected chi connectivity index (χ0v) is 20.2. The Morgan fingerprint density at radius 3 is 2.53 bits per heavy atom. The van der Waals surface area contributed by atoms with Crippen LogP contribution in [0.4, 0.5) is 5.69 Å². The number of fused-ring (bicyclic) bond motifs is 1. The van der Waals surface area contributed by atoms with Crippen molar-refractivity contribution in [1.29, 1.82) is 0 Å². The van der Waals surface area contributed by atoms with Gasteiger partial charge in [-0.2, -0.15) is 0 Å². The molecule has 1 aliphatic rings. The molecule has 0 aliphatic heterocycles. The third kappa shape index (κ3) is 4.47. The van der Waals surface area contributed by atoms with Crippen molar-refractivity contribution in [1.82, 2.24) is 5.32 Å². The number of rotatable bonds is 6. The van der Waals surface area contributed by atoms with Gasteiger partial charge in [0.15, 0.2) is 0 Å². The van der Waals surface area contributed by atoms with Crippen molar-refractivity contribution in [2.24, 2.45) is 0 Å². The number of sulfonamides is 1. The van der Waals surface area contributed by atoms with E-state index >= 15 is 0 Å². The van der Waals surface area contributed by atoms with Gasteiger partial charge in [-0.15, -0.1) is 11.3 Å². The minimum atomic E-state index is -3.73. The number of carbonyl (C=O) groups excluding carboxylic acids is 1. The molecule has 6 nitrogen and oxygen atoms in total. The highest BCUT2D eigenvalue weighted by Crippen LogP contribution is 2.32. The summed E-state index contributed by atoms with van der Waals surface area (Å²) in [6, 6.07) is 12.4. The molecule has 8 heteroatoms. The first-order chi connectivity index (χ1) is 15.3. The third-order valence-electron chi connectivity index (χ3n) is 6.05. The largest absolute Gasteiger partial charge is 0.496 e. The summed E-state index contributed by atoms with van der Waals surface area (Å²) in [5.74, 6) is 0.597. The molecule has 0 saturated heterocycles. The molecule has 1 aliphatic carbocycles. The Labute approximate surface area is 193 Å². The van der Waals surface area contributed by atoms with Crippen LogP contribution in [0.15, 0.2) is 47.4 Å². The number of hydrogen-bond donors (Lipinski definition) is 1. The van der Waals surface area contributed by atoms with E-state index in [1.807, 2.05) is 25.1 Å². The summed E-state index contributed by atoms with van der Waals surface area (Å²) in [4.78, 5) is 13.6. The van der Waals surface area contributed by atoms with Gasteiger partial charge in [0.2, 0.25) is 0 Å². The van der Waals surface area contributed by atoms with E-state index in [1.165, 1.54) is 22.1 Å². The molecule has 0 atom stereocenters. The third-order valence-corrected chi connectivity index (χ3v) is 8.95. The molecule has 0 spiro atoms. The maximum atomic E-state index is 13.2. The summed E-state index contributed by atoms with van der Waals surface area (Å²) in [7, 11) is -0.636. The summed E-state index contributed by atoms with van der Waals surface area (Å²) in [6.07, 6.45) is 5.64. The van der Waals surface area contributed by atoms with Crippen molar-refractivity contribution in [2.75, 3.05) is 18.5 Å². The number of amides is 1. The molecule has 1 heterocycles. The minimum absolute atomic E-state index is 0.0469. The second-order valence-corrected chi connectivity index (χ2v) is 11.3. The number of nitrogens with one attached hydrogen (secondary N) is 1. The Morgan fingerprint density at radius 1 is 1.09 bits per heavy atom. The number of methoxy groups -OCH3 is 1. The number of benzene rings is 2. The average molecular weight is 473 g/mol. The van der Waals surface area contributed by atoms with Gasteiger partial charge in [0.1, 0.15) is 5.75 Å².